The van der Waals surface area contributed by atoms with Gasteiger partial charge in [0.05, 0.1) is 13.6 Å². The molecule has 134 valence electrons. The third kappa shape index (κ3) is 3.09. The molecule has 0 saturated carbocycles. The van der Waals surface area contributed by atoms with Crippen LogP contribution in [0.4, 0.5) is 0 Å². The van der Waals surface area contributed by atoms with Gasteiger partial charge in [-0.3, -0.25) is 4.79 Å². The summed E-state index contributed by atoms with van der Waals surface area (Å²) >= 11 is 7.47. The molecular weight excluding hydrogens is 638 g/mol. The van der Waals surface area contributed by atoms with Gasteiger partial charge in [-0.1, -0.05) is 30.3 Å². The van der Waals surface area contributed by atoms with E-state index in [0.29, 0.717) is 30.5 Å². The summed E-state index contributed by atoms with van der Waals surface area (Å²) in [6.45, 7) is 0. The van der Waals surface area contributed by atoms with Gasteiger partial charge < -0.3 is 9.52 Å². The molecule has 2 aromatic rings. The molecule has 2 aromatic carbocycles. The Hall–Kier alpha value is -1.46. The highest BCUT2D eigenvalue weighted by molar-refractivity contribution is 14.1. The first kappa shape index (κ1) is 18.9. The van der Waals surface area contributed by atoms with Crippen LogP contribution in [0.25, 0.3) is 33.4 Å². The quantitative estimate of drug-likeness (QED) is 0.207. The molecule has 0 aromatic heterocycles. The fourth-order valence-corrected chi connectivity index (χ4v) is 5.20. The molecule has 0 bridgehead atoms. The molecular formula is C20H9BrI2O4. The minimum absolute atomic E-state index is 0.158. The van der Waals surface area contributed by atoms with Crippen molar-refractivity contribution in [1.82, 2.24) is 0 Å². The van der Waals surface area contributed by atoms with E-state index in [1.807, 2.05) is 40.8 Å². The summed E-state index contributed by atoms with van der Waals surface area (Å²) in [6, 6.07) is 14.3. The maximum atomic E-state index is 12.4. The molecule has 1 aliphatic carbocycles. The minimum Gasteiger partial charge on any atom is -0.478 e. The highest BCUT2D eigenvalue weighted by Crippen LogP contribution is 2.44. The normalized spacial score (nSPS) is 11.2. The molecule has 7 heteroatoms. The van der Waals surface area contributed by atoms with Gasteiger partial charge in [-0.15, -0.1) is 0 Å². The first-order valence-corrected chi connectivity index (χ1v) is 10.7. The molecule has 0 radical (unpaired) electrons. The van der Waals surface area contributed by atoms with Crippen LogP contribution in [0, 0.1) is 7.14 Å². The van der Waals surface area contributed by atoms with Gasteiger partial charge in [0.1, 0.15) is 9.15 Å². The number of rotatable bonds is 2. The number of hydrogen-bond donors (Lipinski definition) is 1. The molecule has 0 fully saturated rings. The predicted octanol–water partition coefficient (Wildman–Crippen LogP) is 6.23. The molecule has 0 unspecified atom stereocenters. The van der Waals surface area contributed by atoms with Crippen LogP contribution in [0.3, 0.4) is 0 Å². The lowest BCUT2D eigenvalue weighted by atomic mass is 9.91. The maximum Gasteiger partial charge on any atom is 0.336 e. The maximum absolute atomic E-state index is 12.4. The average Bonchev–Trinajstić information content (AvgIpc) is 2.65. The van der Waals surface area contributed by atoms with Crippen molar-refractivity contribution in [3.8, 4) is 22.5 Å². The van der Waals surface area contributed by atoms with Crippen molar-refractivity contribution in [1.29, 1.82) is 0 Å². The number of carboxylic acid groups (broad SMARTS) is 1. The molecule has 1 aliphatic heterocycles. The molecule has 0 amide bonds. The van der Waals surface area contributed by atoms with Crippen molar-refractivity contribution in [3.05, 3.63) is 75.9 Å². The number of aromatic carboxylic acids is 1. The Morgan fingerprint density at radius 2 is 1.78 bits per heavy atom. The number of benzene rings is 3. The number of halogens is 3. The van der Waals surface area contributed by atoms with Crippen LogP contribution in [0.15, 0.2) is 62.2 Å². The van der Waals surface area contributed by atoms with Gasteiger partial charge in [0, 0.05) is 16.5 Å². The monoisotopic (exact) mass is 646 g/mol. The van der Waals surface area contributed by atoms with E-state index in [-0.39, 0.29) is 11.0 Å². The summed E-state index contributed by atoms with van der Waals surface area (Å²) in [5.74, 6) is -0.553. The Balaban J connectivity index is 2.30. The lowest BCUT2D eigenvalue weighted by Gasteiger charge is -2.18. The second-order valence-corrected chi connectivity index (χ2v) is 8.92. The van der Waals surface area contributed by atoms with Gasteiger partial charge in [-0.25, -0.2) is 4.79 Å². The van der Waals surface area contributed by atoms with Gasteiger partial charge in [-0.2, -0.15) is 0 Å². The summed E-state index contributed by atoms with van der Waals surface area (Å²) in [4.78, 5) is 24.3. The number of hydrogen-bond acceptors (Lipinski definition) is 3. The fourth-order valence-electron chi connectivity index (χ4n) is 3.10. The molecule has 2 aliphatic rings. The molecule has 1 heterocycles. The van der Waals surface area contributed by atoms with Crippen molar-refractivity contribution in [2.45, 2.75) is 0 Å². The second-order valence-electron chi connectivity index (χ2n) is 5.82. The van der Waals surface area contributed by atoms with Crippen LogP contribution in [0.5, 0.6) is 0 Å². The Labute approximate surface area is 189 Å². The van der Waals surface area contributed by atoms with Crippen LogP contribution in [0.2, 0.25) is 0 Å². The molecule has 0 spiro atoms. The third-order valence-electron chi connectivity index (χ3n) is 4.27. The minimum atomic E-state index is -1.01. The van der Waals surface area contributed by atoms with E-state index in [4.69, 9.17) is 4.42 Å². The zero-order chi connectivity index (χ0) is 19.3. The van der Waals surface area contributed by atoms with E-state index in [1.165, 1.54) is 0 Å². The molecule has 4 rings (SSSR count). The van der Waals surface area contributed by atoms with Crippen molar-refractivity contribution in [3.63, 3.8) is 0 Å². The SMILES string of the molecule is O=C(O)c1ccccc1-c1c2cc(Br)c(=O)c(I)c-2oc2c(I)cccc12. The van der Waals surface area contributed by atoms with E-state index in [1.54, 1.807) is 30.3 Å². The van der Waals surface area contributed by atoms with E-state index in [9.17, 15) is 14.7 Å². The summed E-state index contributed by atoms with van der Waals surface area (Å²) in [7, 11) is 0. The smallest absolute Gasteiger partial charge is 0.336 e. The van der Waals surface area contributed by atoms with E-state index < -0.39 is 5.97 Å². The third-order valence-corrected chi connectivity index (χ3v) is 6.69. The highest BCUT2D eigenvalue weighted by atomic mass is 127. The first-order chi connectivity index (χ1) is 12.9. The molecule has 1 N–H and O–H groups in total. The van der Waals surface area contributed by atoms with Crippen molar-refractivity contribution in [2.24, 2.45) is 0 Å². The highest BCUT2D eigenvalue weighted by Gasteiger charge is 2.25. The second kappa shape index (κ2) is 7.17. The Kier molecular flexibility index (Phi) is 5.02. The summed E-state index contributed by atoms with van der Waals surface area (Å²) < 4.78 is 7.87. The number of carbonyl (C=O) groups is 1. The zero-order valence-electron chi connectivity index (χ0n) is 13.4. The summed E-state index contributed by atoms with van der Waals surface area (Å²) in [6.07, 6.45) is 0. The van der Waals surface area contributed by atoms with Crippen LogP contribution in [-0.2, 0) is 0 Å². The first-order valence-electron chi connectivity index (χ1n) is 7.76. The zero-order valence-corrected chi connectivity index (χ0v) is 19.3. The Morgan fingerprint density at radius 3 is 2.52 bits per heavy atom. The number of carboxylic acids is 1. The molecule has 0 atom stereocenters. The van der Waals surface area contributed by atoms with Crippen LogP contribution in [-0.4, -0.2) is 11.1 Å². The lowest BCUT2D eigenvalue weighted by Crippen LogP contribution is -2.10. The van der Waals surface area contributed by atoms with Gasteiger partial charge >= 0.3 is 5.97 Å². The van der Waals surface area contributed by atoms with Crippen LogP contribution >= 0.6 is 61.1 Å². The van der Waals surface area contributed by atoms with Crippen molar-refractivity contribution >= 4 is 78.1 Å². The Morgan fingerprint density at radius 1 is 1.04 bits per heavy atom. The Bertz CT molecular complexity index is 1260. The van der Waals surface area contributed by atoms with E-state index >= 15 is 0 Å². The summed E-state index contributed by atoms with van der Waals surface area (Å²) in [5, 5.41) is 10.5. The predicted molar refractivity (Wildman–Crippen MR) is 125 cm³/mol. The van der Waals surface area contributed by atoms with E-state index in [0.717, 1.165) is 14.5 Å². The molecule has 0 saturated heterocycles. The number of fused-ring (bicyclic) bond motifs is 2. The largest absolute Gasteiger partial charge is 0.478 e. The van der Waals surface area contributed by atoms with Gasteiger partial charge in [-0.05, 0) is 84.9 Å². The number of para-hydroxylation sites is 1. The van der Waals surface area contributed by atoms with Crippen molar-refractivity contribution in [2.75, 3.05) is 0 Å². The summed E-state index contributed by atoms with van der Waals surface area (Å²) in [5.41, 5.74) is 2.67. The van der Waals surface area contributed by atoms with Crippen LogP contribution < -0.4 is 5.43 Å². The van der Waals surface area contributed by atoms with E-state index in [2.05, 4.69) is 38.5 Å². The topological polar surface area (TPSA) is 67.5 Å². The van der Waals surface area contributed by atoms with Gasteiger partial charge in [0.15, 0.2) is 5.76 Å². The van der Waals surface area contributed by atoms with Gasteiger partial charge in [0.25, 0.3) is 0 Å². The molecule has 27 heavy (non-hydrogen) atoms. The van der Waals surface area contributed by atoms with Crippen molar-refractivity contribution < 1.29 is 14.3 Å². The lowest BCUT2D eigenvalue weighted by molar-refractivity contribution is 0.0697. The molecule has 4 nitrogen and oxygen atoms in total. The standard InChI is InChI=1S/C20H9BrI2O4/c21-13-8-12-15(9-4-1-2-5-10(9)20(25)26)11-6-3-7-14(22)18(11)27-19(12)16(23)17(13)24/h1-8H,(H,25,26). The van der Waals surface area contributed by atoms with Crippen LogP contribution in [0.1, 0.15) is 10.4 Å². The fraction of sp³-hybridized carbons (Fsp3) is 0. The van der Waals surface area contributed by atoms with Gasteiger partial charge in [0.2, 0.25) is 5.43 Å². The average molecular weight is 647 g/mol.